The number of likely N-dealkylation sites (tertiary alicyclic amines) is 1. The number of amides is 1. The highest BCUT2D eigenvalue weighted by Crippen LogP contribution is 2.54. The van der Waals surface area contributed by atoms with Gasteiger partial charge in [0.1, 0.15) is 5.60 Å². The Labute approximate surface area is 106 Å². The normalized spacial score (nSPS) is 25.3. The molecule has 0 aromatic heterocycles. The van der Waals surface area contributed by atoms with Crippen LogP contribution in [-0.4, -0.2) is 29.2 Å². The maximum atomic E-state index is 11.9. The Morgan fingerprint density at radius 1 is 1.29 bits per heavy atom. The van der Waals surface area contributed by atoms with Crippen molar-refractivity contribution in [2.45, 2.75) is 72.4 Å². The standard InChI is InChI=1S/C12H21NO2.C2H6/c1-9-7-12(5-6-12)8-13(9)10(14)15-11(2,3)4;1-2/h9H,5-8H2,1-4H3;1-2H3/t9-;/m1./s1. The van der Waals surface area contributed by atoms with Crippen LogP contribution < -0.4 is 0 Å². The first-order chi connectivity index (χ1) is 7.81. The molecular weight excluding hydrogens is 214 g/mol. The third-order valence-electron chi connectivity index (χ3n) is 3.35. The van der Waals surface area contributed by atoms with E-state index in [-0.39, 0.29) is 11.7 Å². The molecule has 1 spiro atoms. The maximum Gasteiger partial charge on any atom is 0.410 e. The van der Waals surface area contributed by atoms with E-state index in [4.69, 9.17) is 4.74 Å². The van der Waals surface area contributed by atoms with E-state index in [1.165, 1.54) is 12.8 Å². The van der Waals surface area contributed by atoms with Crippen molar-refractivity contribution in [1.82, 2.24) is 4.90 Å². The summed E-state index contributed by atoms with van der Waals surface area (Å²) in [6.45, 7) is 12.8. The van der Waals surface area contributed by atoms with Crippen LogP contribution in [0.3, 0.4) is 0 Å². The quantitative estimate of drug-likeness (QED) is 0.645. The molecule has 0 aromatic carbocycles. The highest BCUT2D eigenvalue weighted by atomic mass is 16.6. The summed E-state index contributed by atoms with van der Waals surface area (Å²) in [4.78, 5) is 13.8. The molecule has 0 radical (unpaired) electrons. The van der Waals surface area contributed by atoms with Crippen molar-refractivity contribution >= 4 is 6.09 Å². The van der Waals surface area contributed by atoms with E-state index >= 15 is 0 Å². The van der Waals surface area contributed by atoms with E-state index < -0.39 is 0 Å². The van der Waals surface area contributed by atoms with Crippen LogP contribution in [0.5, 0.6) is 0 Å². The van der Waals surface area contributed by atoms with Crippen LogP contribution in [0.15, 0.2) is 0 Å². The SMILES string of the molecule is CC.C[C@@H]1CC2(CC2)CN1C(=O)OC(C)(C)C. The predicted octanol–water partition coefficient (Wildman–Crippen LogP) is 3.82. The van der Waals surface area contributed by atoms with E-state index in [2.05, 4.69) is 6.92 Å². The Bertz CT molecular complexity index is 276. The molecule has 1 heterocycles. The van der Waals surface area contributed by atoms with E-state index in [1.54, 1.807) is 0 Å². The topological polar surface area (TPSA) is 29.5 Å². The van der Waals surface area contributed by atoms with Gasteiger partial charge < -0.3 is 9.64 Å². The number of carbonyl (C=O) groups is 1. The minimum Gasteiger partial charge on any atom is -0.444 e. The van der Waals surface area contributed by atoms with Crippen LogP contribution >= 0.6 is 0 Å². The summed E-state index contributed by atoms with van der Waals surface area (Å²) in [6.07, 6.45) is 3.60. The molecule has 1 aliphatic carbocycles. The predicted molar refractivity (Wildman–Crippen MR) is 70.0 cm³/mol. The largest absolute Gasteiger partial charge is 0.444 e. The first-order valence-corrected chi connectivity index (χ1v) is 6.81. The molecule has 17 heavy (non-hydrogen) atoms. The Balaban J connectivity index is 0.000000686. The number of ether oxygens (including phenoxy) is 1. The molecule has 1 amide bonds. The zero-order valence-corrected chi connectivity index (χ0v) is 12.2. The van der Waals surface area contributed by atoms with Crippen LogP contribution in [0.2, 0.25) is 0 Å². The fourth-order valence-electron chi connectivity index (χ4n) is 2.42. The van der Waals surface area contributed by atoms with Crippen molar-refractivity contribution in [2.75, 3.05) is 6.54 Å². The summed E-state index contributed by atoms with van der Waals surface area (Å²) >= 11 is 0. The van der Waals surface area contributed by atoms with Gasteiger partial charge in [-0.2, -0.15) is 0 Å². The van der Waals surface area contributed by atoms with Gasteiger partial charge in [-0.1, -0.05) is 13.8 Å². The minimum atomic E-state index is -0.379. The minimum absolute atomic E-state index is 0.140. The molecular formula is C14H27NO2. The summed E-state index contributed by atoms with van der Waals surface area (Å²) in [5.41, 5.74) is 0.0897. The van der Waals surface area contributed by atoms with Crippen molar-refractivity contribution in [3.8, 4) is 0 Å². The second-order valence-electron chi connectivity index (χ2n) is 6.16. The zero-order valence-electron chi connectivity index (χ0n) is 12.2. The number of hydrogen-bond donors (Lipinski definition) is 0. The molecule has 1 saturated heterocycles. The summed E-state index contributed by atoms with van der Waals surface area (Å²) in [6, 6.07) is 0.349. The number of rotatable bonds is 0. The molecule has 0 aromatic rings. The second-order valence-corrected chi connectivity index (χ2v) is 6.16. The lowest BCUT2D eigenvalue weighted by atomic mass is 10.0. The Hall–Kier alpha value is -0.730. The van der Waals surface area contributed by atoms with Gasteiger partial charge in [-0.3, -0.25) is 0 Å². The molecule has 1 aliphatic heterocycles. The first kappa shape index (κ1) is 14.3. The van der Waals surface area contributed by atoms with Gasteiger partial charge in [0.15, 0.2) is 0 Å². The molecule has 0 unspecified atom stereocenters. The average Bonchev–Trinajstić information content (AvgIpc) is 2.85. The lowest BCUT2D eigenvalue weighted by Gasteiger charge is -2.27. The molecule has 2 aliphatic rings. The van der Waals surface area contributed by atoms with Crippen LogP contribution in [0.1, 0.15) is 60.8 Å². The number of nitrogens with zero attached hydrogens (tertiary/aromatic N) is 1. The highest BCUT2D eigenvalue weighted by Gasteiger charge is 2.52. The van der Waals surface area contributed by atoms with E-state index in [0.717, 1.165) is 13.0 Å². The Morgan fingerprint density at radius 2 is 1.82 bits per heavy atom. The van der Waals surface area contributed by atoms with Gasteiger partial charge in [0, 0.05) is 12.6 Å². The van der Waals surface area contributed by atoms with Gasteiger partial charge >= 0.3 is 6.09 Å². The summed E-state index contributed by atoms with van der Waals surface area (Å²) in [7, 11) is 0. The van der Waals surface area contributed by atoms with E-state index in [0.29, 0.717) is 11.5 Å². The Kier molecular flexibility index (Phi) is 4.11. The van der Waals surface area contributed by atoms with E-state index in [9.17, 15) is 4.79 Å². The molecule has 0 bridgehead atoms. The summed E-state index contributed by atoms with van der Waals surface area (Å²) < 4.78 is 5.40. The third-order valence-corrected chi connectivity index (χ3v) is 3.35. The highest BCUT2D eigenvalue weighted by molar-refractivity contribution is 5.69. The van der Waals surface area contributed by atoms with Crippen molar-refractivity contribution < 1.29 is 9.53 Å². The average molecular weight is 241 g/mol. The van der Waals surface area contributed by atoms with E-state index in [1.807, 2.05) is 39.5 Å². The zero-order chi connectivity index (χ0) is 13.3. The second kappa shape index (κ2) is 4.87. The molecule has 100 valence electrons. The molecule has 1 atom stereocenters. The van der Waals surface area contributed by atoms with Crippen LogP contribution in [0.25, 0.3) is 0 Å². The summed E-state index contributed by atoms with van der Waals surface area (Å²) in [5.74, 6) is 0. The molecule has 1 saturated carbocycles. The van der Waals surface area contributed by atoms with Gasteiger partial charge in [-0.05, 0) is 52.4 Å². The lowest BCUT2D eigenvalue weighted by molar-refractivity contribution is 0.0232. The van der Waals surface area contributed by atoms with Crippen molar-refractivity contribution in [3.05, 3.63) is 0 Å². The third kappa shape index (κ3) is 3.62. The first-order valence-electron chi connectivity index (χ1n) is 6.81. The number of hydrogen-bond acceptors (Lipinski definition) is 2. The van der Waals surface area contributed by atoms with Crippen LogP contribution in [0.4, 0.5) is 4.79 Å². The van der Waals surface area contributed by atoms with Crippen LogP contribution in [-0.2, 0) is 4.74 Å². The molecule has 2 rings (SSSR count). The molecule has 0 N–H and O–H groups in total. The van der Waals surface area contributed by atoms with Gasteiger partial charge in [-0.25, -0.2) is 4.79 Å². The van der Waals surface area contributed by atoms with Gasteiger partial charge in [0.25, 0.3) is 0 Å². The summed E-state index contributed by atoms with van der Waals surface area (Å²) in [5, 5.41) is 0. The molecule has 3 nitrogen and oxygen atoms in total. The molecule has 2 fully saturated rings. The van der Waals surface area contributed by atoms with Crippen LogP contribution in [0, 0.1) is 5.41 Å². The fraction of sp³-hybridized carbons (Fsp3) is 0.929. The maximum absolute atomic E-state index is 11.9. The van der Waals surface area contributed by atoms with Gasteiger partial charge in [0.2, 0.25) is 0 Å². The lowest BCUT2D eigenvalue weighted by Crippen LogP contribution is -2.38. The Morgan fingerprint density at radius 3 is 2.18 bits per heavy atom. The number of carbonyl (C=O) groups excluding carboxylic acids is 1. The van der Waals surface area contributed by atoms with Gasteiger partial charge in [0.05, 0.1) is 0 Å². The van der Waals surface area contributed by atoms with Crippen molar-refractivity contribution in [1.29, 1.82) is 0 Å². The van der Waals surface area contributed by atoms with Gasteiger partial charge in [-0.15, -0.1) is 0 Å². The molecule has 3 heteroatoms. The fourth-order valence-corrected chi connectivity index (χ4v) is 2.42. The monoisotopic (exact) mass is 241 g/mol. The van der Waals surface area contributed by atoms with Crippen molar-refractivity contribution in [2.24, 2.45) is 5.41 Å². The smallest absolute Gasteiger partial charge is 0.410 e. The van der Waals surface area contributed by atoms with Crippen molar-refractivity contribution in [3.63, 3.8) is 0 Å².